The maximum absolute atomic E-state index is 12.8. The quantitative estimate of drug-likeness (QED) is 0.485. The number of hydrogen-bond acceptors (Lipinski definition) is 4. The molecule has 1 unspecified atom stereocenters. The largest absolute Gasteiger partial charge is 0.481 e. The number of nitrogens with one attached hydrogen (secondary N) is 2. The third-order valence-corrected chi connectivity index (χ3v) is 7.51. The first-order valence-corrected chi connectivity index (χ1v) is 12.4. The molecule has 0 bridgehead atoms. The Balaban J connectivity index is 1.36. The number of benzene rings is 2. The second kappa shape index (κ2) is 10.5. The lowest BCUT2D eigenvalue weighted by atomic mass is 9.77. The fourth-order valence-corrected chi connectivity index (χ4v) is 5.46. The van der Waals surface area contributed by atoms with Crippen LogP contribution in [0.3, 0.4) is 0 Å². The van der Waals surface area contributed by atoms with Gasteiger partial charge in [-0.15, -0.1) is 0 Å². The maximum atomic E-state index is 12.8. The number of amides is 2. The van der Waals surface area contributed by atoms with Crippen LogP contribution in [0.1, 0.15) is 63.0 Å². The first kappa shape index (κ1) is 24.8. The van der Waals surface area contributed by atoms with Gasteiger partial charge in [-0.2, -0.15) is 0 Å². The maximum Gasteiger partial charge on any atom is 0.407 e. The van der Waals surface area contributed by atoms with Crippen molar-refractivity contribution in [2.75, 3.05) is 13.2 Å². The standard InChI is InChI=1S/C28H34N2O5/c1-28(2,18-9-3-4-10-18)17-29-26(33)24(15-25(31)32)30-27(34)35-16-23-21-13-7-5-11-19(21)20-12-6-8-14-22(20)23/h5-8,11-14,18,23-24H,3-4,9-10,15-17H2,1-2H3,(H,29,33)(H,30,34)(H,31,32). The smallest absolute Gasteiger partial charge is 0.407 e. The van der Waals surface area contributed by atoms with E-state index in [-0.39, 0.29) is 17.9 Å². The van der Waals surface area contributed by atoms with Crippen LogP contribution in [0.25, 0.3) is 11.1 Å². The monoisotopic (exact) mass is 478 g/mol. The zero-order valence-corrected chi connectivity index (χ0v) is 20.4. The van der Waals surface area contributed by atoms with Crippen molar-refractivity contribution in [2.24, 2.45) is 11.3 Å². The zero-order valence-electron chi connectivity index (χ0n) is 20.4. The molecule has 2 amide bonds. The van der Waals surface area contributed by atoms with Crippen LogP contribution in [0.4, 0.5) is 4.79 Å². The van der Waals surface area contributed by atoms with E-state index in [2.05, 4.69) is 36.6 Å². The Morgan fingerprint density at radius 1 is 1.00 bits per heavy atom. The fraction of sp³-hybridized carbons (Fsp3) is 0.464. The summed E-state index contributed by atoms with van der Waals surface area (Å²) in [6.45, 7) is 4.76. The van der Waals surface area contributed by atoms with Crippen molar-refractivity contribution in [1.29, 1.82) is 0 Å². The van der Waals surface area contributed by atoms with Crippen LogP contribution in [-0.4, -0.2) is 42.3 Å². The van der Waals surface area contributed by atoms with Gasteiger partial charge < -0.3 is 20.5 Å². The zero-order chi connectivity index (χ0) is 25.0. The van der Waals surface area contributed by atoms with E-state index in [1.54, 1.807) is 0 Å². The van der Waals surface area contributed by atoms with E-state index in [9.17, 15) is 19.5 Å². The number of rotatable bonds is 9. The van der Waals surface area contributed by atoms with E-state index in [4.69, 9.17) is 4.74 Å². The van der Waals surface area contributed by atoms with E-state index in [0.29, 0.717) is 12.5 Å². The third-order valence-electron chi connectivity index (χ3n) is 7.51. The topological polar surface area (TPSA) is 105 Å². The number of aliphatic carboxylic acids is 1. The molecule has 4 rings (SSSR count). The van der Waals surface area contributed by atoms with Crippen LogP contribution in [0.2, 0.25) is 0 Å². The number of alkyl carbamates (subject to hydrolysis) is 1. The Bertz CT molecular complexity index is 1040. The summed E-state index contributed by atoms with van der Waals surface area (Å²) in [5.41, 5.74) is 4.30. The minimum Gasteiger partial charge on any atom is -0.481 e. The summed E-state index contributed by atoms with van der Waals surface area (Å²) < 4.78 is 5.51. The lowest BCUT2D eigenvalue weighted by molar-refractivity contribution is -0.139. The van der Waals surface area contributed by atoms with Gasteiger partial charge in [0.1, 0.15) is 12.6 Å². The highest BCUT2D eigenvalue weighted by molar-refractivity contribution is 5.89. The first-order chi connectivity index (χ1) is 16.8. The second-order valence-electron chi connectivity index (χ2n) is 10.3. The SMILES string of the molecule is CC(C)(CNC(=O)C(CC(=O)O)NC(=O)OCC1c2ccccc2-c2ccccc21)C1CCCC1. The third kappa shape index (κ3) is 5.66. The van der Waals surface area contributed by atoms with Gasteiger partial charge in [0.15, 0.2) is 0 Å². The summed E-state index contributed by atoms with van der Waals surface area (Å²) in [6.07, 6.45) is 3.36. The molecule has 2 aliphatic rings. The first-order valence-electron chi connectivity index (χ1n) is 12.4. The van der Waals surface area contributed by atoms with Crippen molar-refractivity contribution < 1.29 is 24.2 Å². The Labute approximate surface area is 206 Å². The van der Waals surface area contributed by atoms with Gasteiger partial charge in [0.2, 0.25) is 5.91 Å². The van der Waals surface area contributed by atoms with E-state index in [1.165, 1.54) is 12.8 Å². The van der Waals surface area contributed by atoms with Gasteiger partial charge in [-0.25, -0.2) is 4.79 Å². The van der Waals surface area contributed by atoms with Gasteiger partial charge in [0, 0.05) is 12.5 Å². The Morgan fingerprint density at radius 2 is 1.57 bits per heavy atom. The lowest BCUT2D eigenvalue weighted by Gasteiger charge is -2.32. The summed E-state index contributed by atoms with van der Waals surface area (Å²) in [5.74, 6) is -1.27. The normalized spacial score (nSPS) is 16.3. The highest BCUT2D eigenvalue weighted by Crippen LogP contribution is 2.44. The van der Waals surface area contributed by atoms with Crippen LogP contribution in [0, 0.1) is 11.3 Å². The molecule has 7 heteroatoms. The molecule has 2 aromatic carbocycles. The number of fused-ring (bicyclic) bond motifs is 3. The molecule has 0 aliphatic heterocycles. The molecule has 1 atom stereocenters. The van der Waals surface area contributed by atoms with Gasteiger partial charge in [-0.1, -0.05) is 75.2 Å². The predicted molar refractivity (Wildman–Crippen MR) is 133 cm³/mol. The average Bonchev–Trinajstić information content (AvgIpc) is 3.48. The minimum absolute atomic E-state index is 0.0932. The molecule has 2 aliphatic carbocycles. The van der Waals surface area contributed by atoms with Crippen LogP contribution in [-0.2, 0) is 14.3 Å². The molecule has 3 N–H and O–H groups in total. The molecule has 7 nitrogen and oxygen atoms in total. The van der Waals surface area contributed by atoms with Crippen molar-refractivity contribution in [3.8, 4) is 11.1 Å². The molecule has 35 heavy (non-hydrogen) atoms. The molecular formula is C28H34N2O5. The summed E-state index contributed by atoms with van der Waals surface area (Å²) >= 11 is 0. The Kier molecular flexibility index (Phi) is 7.43. The number of carbonyl (C=O) groups excluding carboxylic acids is 2. The van der Waals surface area contributed by atoms with Crippen LogP contribution in [0.15, 0.2) is 48.5 Å². The molecule has 1 fully saturated rings. The summed E-state index contributed by atoms with van der Waals surface area (Å²) in [7, 11) is 0. The number of carbonyl (C=O) groups is 3. The highest BCUT2D eigenvalue weighted by Gasteiger charge is 2.34. The molecule has 0 heterocycles. The molecule has 2 aromatic rings. The number of carboxylic acid groups (broad SMARTS) is 1. The minimum atomic E-state index is -1.21. The van der Waals surface area contributed by atoms with Gasteiger partial charge in [-0.05, 0) is 46.4 Å². The second-order valence-corrected chi connectivity index (χ2v) is 10.3. The number of carboxylic acids is 1. The van der Waals surface area contributed by atoms with Gasteiger partial charge in [0.25, 0.3) is 0 Å². The molecule has 1 saturated carbocycles. The molecule has 0 spiro atoms. The molecule has 186 valence electrons. The summed E-state index contributed by atoms with van der Waals surface area (Å²) in [5, 5.41) is 14.6. The molecule has 0 saturated heterocycles. The summed E-state index contributed by atoms with van der Waals surface area (Å²) in [4.78, 5) is 36.8. The van der Waals surface area contributed by atoms with E-state index in [0.717, 1.165) is 35.1 Å². The van der Waals surface area contributed by atoms with Crippen molar-refractivity contribution in [3.05, 3.63) is 59.7 Å². The van der Waals surface area contributed by atoms with Crippen LogP contribution < -0.4 is 10.6 Å². The number of ether oxygens (including phenoxy) is 1. The van der Waals surface area contributed by atoms with E-state index in [1.807, 2.05) is 36.4 Å². The highest BCUT2D eigenvalue weighted by atomic mass is 16.5. The van der Waals surface area contributed by atoms with E-state index < -0.39 is 30.4 Å². The fourth-order valence-electron chi connectivity index (χ4n) is 5.46. The van der Waals surface area contributed by atoms with Gasteiger partial charge in [-0.3, -0.25) is 9.59 Å². The predicted octanol–water partition coefficient (Wildman–Crippen LogP) is 4.70. The van der Waals surface area contributed by atoms with Gasteiger partial charge in [0.05, 0.1) is 6.42 Å². The summed E-state index contributed by atoms with van der Waals surface area (Å²) in [6, 6.07) is 14.8. The molecular weight excluding hydrogens is 444 g/mol. The molecule has 0 aromatic heterocycles. The van der Waals surface area contributed by atoms with Crippen molar-refractivity contribution in [3.63, 3.8) is 0 Å². The van der Waals surface area contributed by atoms with Crippen molar-refractivity contribution in [2.45, 2.75) is 57.9 Å². The molecule has 0 radical (unpaired) electrons. The van der Waals surface area contributed by atoms with Crippen molar-refractivity contribution >= 4 is 18.0 Å². The number of hydrogen-bond donors (Lipinski definition) is 3. The average molecular weight is 479 g/mol. The van der Waals surface area contributed by atoms with Crippen molar-refractivity contribution in [1.82, 2.24) is 10.6 Å². The lowest BCUT2D eigenvalue weighted by Crippen LogP contribution is -2.50. The van der Waals surface area contributed by atoms with E-state index >= 15 is 0 Å². The van der Waals surface area contributed by atoms with Crippen LogP contribution in [0.5, 0.6) is 0 Å². The van der Waals surface area contributed by atoms with Crippen LogP contribution >= 0.6 is 0 Å². The van der Waals surface area contributed by atoms with Gasteiger partial charge >= 0.3 is 12.1 Å². The Morgan fingerprint density at radius 3 is 2.14 bits per heavy atom. The Hall–Kier alpha value is -3.35.